The SMILES string of the molecule is C=NC(=O)CCCCCCCCCCCCCCC(=O)O. The van der Waals surface area contributed by atoms with Crippen LogP contribution in [0.5, 0.6) is 0 Å². The molecule has 0 aromatic heterocycles. The minimum Gasteiger partial charge on any atom is -0.481 e. The predicted octanol–water partition coefficient (Wildman–Crippen LogP) is 4.76. The highest BCUT2D eigenvalue weighted by Crippen LogP contribution is 2.13. The van der Waals surface area contributed by atoms with Gasteiger partial charge in [-0.15, -0.1) is 0 Å². The molecule has 0 rings (SSSR count). The highest BCUT2D eigenvalue weighted by atomic mass is 16.4. The van der Waals surface area contributed by atoms with Gasteiger partial charge < -0.3 is 5.11 Å². The van der Waals surface area contributed by atoms with Gasteiger partial charge in [0.1, 0.15) is 0 Å². The van der Waals surface area contributed by atoms with E-state index < -0.39 is 5.97 Å². The molecule has 0 aliphatic carbocycles. The Balaban J connectivity index is 3.04. The van der Waals surface area contributed by atoms with Crippen LogP contribution in [0.15, 0.2) is 4.99 Å². The molecule has 0 fully saturated rings. The highest BCUT2D eigenvalue weighted by molar-refractivity contribution is 5.80. The van der Waals surface area contributed by atoms with E-state index in [0.29, 0.717) is 12.8 Å². The van der Waals surface area contributed by atoms with Crippen LogP contribution in [-0.2, 0) is 9.59 Å². The van der Waals surface area contributed by atoms with Gasteiger partial charge in [-0.05, 0) is 19.6 Å². The van der Waals surface area contributed by atoms with E-state index in [2.05, 4.69) is 11.7 Å². The van der Waals surface area contributed by atoms with Crippen molar-refractivity contribution in [3.63, 3.8) is 0 Å². The monoisotopic (exact) mass is 297 g/mol. The molecule has 21 heavy (non-hydrogen) atoms. The van der Waals surface area contributed by atoms with Crippen molar-refractivity contribution in [3.05, 3.63) is 0 Å². The van der Waals surface area contributed by atoms with Crippen LogP contribution in [0, 0.1) is 0 Å². The normalized spacial score (nSPS) is 10.5. The first kappa shape index (κ1) is 19.8. The van der Waals surface area contributed by atoms with Crippen LogP contribution in [0.4, 0.5) is 0 Å². The smallest absolute Gasteiger partial charge is 0.303 e. The van der Waals surface area contributed by atoms with Crippen molar-refractivity contribution in [2.24, 2.45) is 4.99 Å². The molecule has 0 saturated carbocycles. The van der Waals surface area contributed by atoms with Crippen LogP contribution in [0.3, 0.4) is 0 Å². The number of carbonyl (C=O) groups is 2. The molecule has 0 aliphatic rings. The summed E-state index contributed by atoms with van der Waals surface area (Å²) < 4.78 is 0. The van der Waals surface area contributed by atoms with Gasteiger partial charge >= 0.3 is 5.97 Å². The third-order valence-corrected chi connectivity index (χ3v) is 3.71. The Morgan fingerprint density at radius 3 is 1.33 bits per heavy atom. The topological polar surface area (TPSA) is 66.7 Å². The van der Waals surface area contributed by atoms with E-state index in [1.165, 1.54) is 51.4 Å². The molecule has 0 spiro atoms. The number of aliphatic carboxylic acids is 1. The summed E-state index contributed by atoms with van der Waals surface area (Å²) in [6.45, 7) is 3.22. The van der Waals surface area contributed by atoms with Crippen molar-refractivity contribution in [2.75, 3.05) is 0 Å². The van der Waals surface area contributed by atoms with Gasteiger partial charge in [0.25, 0.3) is 0 Å². The Kier molecular flexibility index (Phi) is 14.3. The second-order valence-corrected chi connectivity index (χ2v) is 5.69. The van der Waals surface area contributed by atoms with Gasteiger partial charge in [-0.25, -0.2) is 4.99 Å². The fourth-order valence-corrected chi connectivity index (χ4v) is 2.40. The maximum Gasteiger partial charge on any atom is 0.303 e. The Bertz CT molecular complexity index is 290. The van der Waals surface area contributed by atoms with Crippen molar-refractivity contribution in [2.45, 2.75) is 89.9 Å². The van der Waals surface area contributed by atoms with Crippen LogP contribution in [0.2, 0.25) is 0 Å². The van der Waals surface area contributed by atoms with Gasteiger partial charge in [0, 0.05) is 12.8 Å². The summed E-state index contributed by atoms with van der Waals surface area (Å²) in [7, 11) is 0. The lowest BCUT2D eigenvalue weighted by Gasteiger charge is -2.02. The standard InChI is InChI=1S/C17H31NO3/c1-18-16(19)14-12-10-8-6-4-2-3-5-7-9-11-13-15-17(20)21/h1-15H2,(H,20,21). The average molecular weight is 297 g/mol. The van der Waals surface area contributed by atoms with Crippen LogP contribution in [-0.4, -0.2) is 23.7 Å². The van der Waals surface area contributed by atoms with Gasteiger partial charge in [0.05, 0.1) is 0 Å². The zero-order chi connectivity index (χ0) is 15.8. The summed E-state index contributed by atoms with van der Waals surface area (Å²) in [6, 6.07) is 0. The first-order valence-corrected chi connectivity index (χ1v) is 8.38. The maximum absolute atomic E-state index is 10.9. The number of rotatable bonds is 15. The molecule has 0 heterocycles. The summed E-state index contributed by atoms with van der Waals surface area (Å²) in [4.78, 5) is 24.6. The van der Waals surface area contributed by atoms with Crippen molar-refractivity contribution >= 4 is 18.6 Å². The van der Waals surface area contributed by atoms with Crippen LogP contribution >= 0.6 is 0 Å². The van der Waals surface area contributed by atoms with Crippen LogP contribution in [0.25, 0.3) is 0 Å². The van der Waals surface area contributed by atoms with E-state index in [-0.39, 0.29) is 5.91 Å². The highest BCUT2D eigenvalue weighted by Gasteiger charge is 1.98. The van der Waals surface area contributed by atoms with E-state index in [1.54, 1.807) is 0 Å². The fourth-order valence-electron chi connectivity index (χ4n) is 2.40. The van der Waals surface area contributed by atoms with E-state index in [0.717, 1.165) is 25.7 Å². The quantitative estimate of drug-likeness (QED) is 0.350. The molecule has 0 aliphatic heterocycles. The minimum absolute atomic E-state index is 0.0849. The molecular weight excluding hydrogens is 266 g/mol. The van der Waals surface area contributed by atoms with E-state index in [1.807, 2.05) is 0 Å². The third kappa shape index (κ3) is 16.8. The Morgan fingerprint density at radius 2 is 1.00 bits per heavy atom. The Labute approximate surface area is 129 Å². The molecule has 4 heteroatoms. The summed E-state index contributed by atoms with van der Waals surface area (Å²) in [5, 5.41) is 8.51. The van der Waals surface area contributed by atoms with Gasteiger partial charge in [0.15, 0.2) is 0 Å². The number of carboxylic acids is 1. The number of amides is 1. The number of carboxylic acid groups (broad SMARTS) is 1. The number of carbonyl (C=O) groups excluding carboxylic acids is 1. The summed E-state index contributed by atoms with van der Waals surface area (Å²) >= 11 is 0. The van der Waals surface area contributed by atoms with E-state index in [9.17, 15) is 9.59 Å². The predicted molar refractivity (Wildman–Crippen MR) is 86.8 cm³/mol. The van der Waals surface area contributed by atoms with Gasteiger partial charge in [-0.3, -0.25) is 9.59 Å². The lowest BCUT2D eigenvalue weighted by Crippen LogP contribution is -1.93. The van der Waals surface area contributed by atoms with Gasteiger partial charge in [-0.1, -0.05) is 64.2 Å². The zero-order valence-corrected chi connectivity index (χ0v) is 13.3. The molecule has 122 valence electrons. The number of hydrogen-bond acceptors (Lipinski definition) is 2. The number of aliphatic imine (C=N–C) groups is 1. The molecule has 4 nitrogen and oxygen atoms in total. The molecule has 1 amide bonds. The molecule has 0 atom stereocenters. The molecular formula is C17H31NO3. The number of nitrogens with zero attached hydrogens (tertiary/aromatic N) is 1. The van der Waals surface area contributed by atoms with Crippen LogP contribution in [0.1, 0.15) is 89.9 Å². The zero-order valence-electron chi connectivity index (χ0n) is 13.3. The van der Waals surface area contributed by atoms with Gasteiger partial charge in [-0.2, -0.15) is 0 Å². The van der Waals surface area contributed by atoms with Crippen molar-refractivity contribution < 1.29 is 14.7 Å². The Morgan fingerprint density at radius 1 is 0.667 bits per heavy atom. The molecule has 0 saturated heterocycles. The number of unbranched alkanes of at least 4 members (excludes halogenated alkanes) is 11. The first-order valence-electron chi connectivity index (χ1n) is 8.38. The lowest BCUT2D eigenvalue weighted by molar-refractivity contribution is -0.137. The van der Waals surface area contributed by atoms with Crippen molar-refractivity contribution in [3.8, 4) is 0 Å². The minimum atomic E-state index is -0.680. The second-order valence-electron chi connectivity index (χ2n) is 5.69. The summed E-state index contributed by atoms with van der Waals surface area (Å²) in [5.41, 5.74) is 0. The summed E-state index contributed by atoms with van der Waals surface area (Å²) in [5.74, 6) is -0.765. The fraction of sp³-hybridized carbons (Fsp3) is 0.824. The van der Waals surface area contributed by atoms with E-state index in [4.69, 9.17) is 5.11 Å². The van der Waals surface area contributed by atoms with E-state index >= 15 is 0 Å². The molecule has 0 bridgehead atoms. The van der Waals surface area contributed by atoms with Crippen molar-refractivity contribution in [1.82, 2.24) is 0 Å². The average Bonchev–Trinajstić information content (AvgIpc) is 2.46. The van der Waals surface area contributed by atoms with Crippen LogP contribution < -0.4 is 0 Å². The largest absolute Gasteiger partial charge is 0.481 e. The Hall–Kier alpha value is -1.19. The molecule has 0 radical (unpaired) electrons. The molecule has 0 aromatic rings. The van der Waals surface area contributed by atoms with Gasteiger partial charge in [0.2, 0.25) is 5.91 Å². The molecule has 0 unspecified atom stereocenters. The molecule has 0 aromatic carbocycles. The second kappa shape index (κ2) is 15.2. The van der Waals surface area contributed by atoms with Crippen molar-refractivity contribution in [1.29, 1.82) is 0 Å². The third-order valence-electron chi connectivity index (χ3n) is 3.71. The maximum atomic E-state index is 10.9. The summed E-state index contributed by atoms with van der Waals surface area (Å²) in [6.07, 6.45) is 14.8. The molecule has 1 N–H and O–H groups in total. The number of hydrogen-bond donors (Lipinski definition) is 1. The first-order chi connectivity index (χ1) is 10.2. The lowest BCUT2D eigenvalue weighted by atomic mass is 10.0.